The van der Waals surface area contributed by atoms with Crippen LogP contribution in [0.25, 0.3) is 11.3 Å². The van der Waals surface area contributed by atoms with Gasteiger partial charge in [0.15, 0.2) is 0 Å². The van der Waals surface area contributed by atoms with Crippen LogP contribution in [0.1, 0.15) is 25.3 Å². The van der Waals surface area contributed by atoms with Crippen molar-refractivity contribution in [3.8, 4) is 11.3 Å². The van der Waals surface area contributed by atoms with Gasteiger partial charge in [-0.25, -0.2) is 0 Å². The lowest BCUT2D eigenvalue weighted by Crippen LogP contribution is -1.93. The third-order valence-corrected chi connectivity index (χ3v) is 2.46. The van der Waals surface area contributed by atoms with E-state index in [-0.39, 0.29) is 5.56 Å². The minimum Gasteiger partial charge on any atom is -0.298 e. The quantitative estimate of drug-likeness (QED) is 0.772. The largest absolute Gasteiger partial charge is 0.298 e. The number of hydrogen-bond acceptors (Lipinski definition) is 1. The number of nitrogens with one attached hydrogen (secondary N) is 2. The minimum atomic E-state index is -0.0973. The summed E-state index contributed by atoms with van der Waals surface area (Å²) >= 11 is 0. The van der Waals surface area contributed by atoms with Crippen LogP contribution in [0.3, 0.4) is 0 Å². The van der Waals surface area contributed by atoms with Gasteiger partial charge in [-0.2, -0.15) is 0 Å². The van der Waals surface area contributed by atoms with Gasteiger partial charge in [0.2, 0.25) is 0 Å². The third-order valence-electron chi connectivity index (χ3n) is 2.46. The first-order chi connectivity index (χ1) is 7.16. The van der Waals surface area contributed by atoms with Crippen molar-refractivity contribution in [2.45, 2.75) is 19.8 Å². The average molecular weight is 202 g/mol. The summed E-state index contributed by atoms with van der Waals surface area (Å²) in [5.41, 5.74) is 3.05. The highest BCUT2D eigenvalue weighted by molar-refractivity contribution is 5.59. The fourth-order valence-electron chi connectivity index (χ4n) is 1.55. The zero-order valence-corrected chi connectivity index (χ0v) is 8.87. The second-order valence-electron chi connectivity index (χ2n) is 3.95. The summed E-state index contributed by atoms with van der Waals surface area (Å²) in [4.78, 5) is 11.0. The first-order valence-electron chi connectivity index (χ1n) is 5.05. The van der Waals surface area contributed by atoms with E-state index in [1.807, 2.05) is 12.1 Å². The second-order valence-corrected chi connectivity index (χ2v) is 3.95. The van der Waals surface area contributed by atoms with Crippen LogP contribution in [0, 0.1) is 0 Å². The molecule has 0 aliphatic heterocycles. The van der Waals surface area contributed by atoms with Gasteiger partial charge in [-0.1, -0.05) is 32.0 Å². The Kier molecular flexibility index (Phi) is 2.46. The summed E-state index contributed by atoms with van der Waals surface area (Å²) in [5.74, 6) is 0.496. The van der Waals surface area contributed by atoms with E-state index in [9.17, 15) is 4.79 Å². The molecule has 2 N–H and O–H groups in total. The molecular weight excluding hydrogens is 188 g/mol. The molecule has 2 rings (SSSR count). The Bertz CT molecular complexity index is 508. The van der Waals surface area contributed by atoms with Gasteiger partial charge in [-0.05, 0) is 23.1 Å². The predicted octanol–water partition coefficient (Wildman–Crippen LogP) is 2.49. The fourth-order valence-corrected chi connectivity index (χ4v) is 1.55. The highest BCUT2D eigenvalue weighted by atomic mass is 16.1. The van der Waals surface area contributed by atoms with Crippen LogP contribution in [0.4, 0.5) is 0 Å². The van der Waals surface area contributed by atoms with Gasteiger partial charge < -0.3 is 0 Å². The Morgan fingerprint density at radius 1 is 1.13 bits per heavy atom. The Labute approximate surface area is 88.1 Å². The Balaban J connectivity index is 2.45. The van der Waals surface area contributed by atoms with Crippen LogP contribution in [0.2, 0.25) is 0 Å². The average Bonchev–Trinajstić information content (AvgIpc) is 2.65. The molecule has 0 spiro atoms. The van der Waals surface area contributed by atoms with Crippen molar-refractivity contribution < 1.29 is 0 Å². The maximum atomic E-state index is 11.0. The summed E-state index contributed by atoms with van der Waals surface area (Å²) in [6, 6.07) is 9.77. The van der Waals surface area contributed by atoms with Crippen molar-refractivity contribution in [3.63, 3.8) is 0 Å². The van der Waals surface area contributed by atoms with Gasteiger partial charge in [-0.15, -0.1) is 0 Å². The van der Waals surface area contributed by atoms with Crippen molar-refractivity contribution in [1.29, 1.82) is 0 Å². The topological polar surface area (TPSA) is 48.6 Å². The second kappa shape index (κ2) is 3.77. The molecule has 0 unspecified atom stereocenters. The molecule has 0 fully saturated rings. The number of benzene rings is 1. The van der Waals surface area contributed by atoms with Gasteiger partial charge in [0.25, 0.3) is 5.56 Å². The molecule has 0 bridgehead atoms. The predicted molar refractivity (Wildman–Crippen MR) is 60.9 cm³/mol. The van der Waals surface area contributed by atoms with Gasteiger partial charge in [-0.3, -0.25) is 15.0 Å². The SMILES string of the molecule is CC(C)c1cccc(-c2cc(=O)[nH][nH]2)c1. The van der Waals surface area contributed by atoms with Crippen LogP contribution < -0.4 is 5.56 Å². The van der Waals surface area contributed by atoms with E-state index in [4.69, 9.17) is 0 Å². The van der Waals surface area contributed by atoms with Crippen molar-refractivity contribution in [2.24, 2.45) is 0 Å². The molecule has 78 valence electrons. The zero-order valence-electron chi connectivity index (χ0n) is 8.87. The molecule has 15 heavy (non-hydrogen) atoms. The minimum absolute atomic E-state index is 0.0973. The van der Waals surface area contributed by atoms with Gasteiger partial charge in [0, 0.05) is 6.07 Å². The Morgan fingerprint density at radius 2 is 1.93 bits per heavy atom. The van der Waals surface area contributed by atoms with E-state index < -0.39 is 0 Å². The molecule has 0 aliphatic carbocycles. The maximum absolute atomic E-state index is 11.0. The Hall–Kier alpha value is -1.77. The van der Waals surface area contributed by atoms with Crippen LogP contribution in [-0.2, 0) is 0 Å². The highest BCUT2D eigenvalue weighted by Gasteiger charge is 2.03. The van der Waals surface area contributed by atoms with E-state index in [0.29, 0.717) is 5.92 Å². The van der Waals surface area contributed by atoms with Gasteiger partial charge in [0.05, 0.1) is 5.69 Å². The van der Waals surface area contributed by atoms with Crippen molar-refractivity contribution in [2.75, 3.05) is 0 Å². The van der Waals surface area contributed by atoms with Gasteiger partial charge in [0.1, 0.15) is 0 Å². The lowest BCUT2D eigenvalue weighted by molar-refractivity contribution is 0.867. The molecule has 0 radical (unpaired) electrons. The van der Waals surface area contributed by atoms with Crippen molar-refractivity contribution in [3.05, 3.63) is 46.2 Å². The number of H-pyrrole nitrogens is 2. The molecule has 3 nitrogen and oxygen atoms in total. The highest BCUT2D eigenvalue weighted by Crippen LogP contribution is 2.21. The normalized spacial score (nSPS) is 10.9. The van der Waals surface area contributed by atoms with E-state index in [1.165, 1.54) is 5.56 Å². The Morgan fingerprint density at radius 3 is 2.53 bits per heavy atom. The molecule has 0 atom stereocenters. The van der Waals surface area contributed by atoms with Crippen LogP contribution >= 0.6 is 0 Å². The summed E-state index contributed by atoms with van der Waals surface area (Å²) < 4.78 is 0. The number of rotatable bonds is 2. The molecule has 0 amide bonds. The summed E-state index contributed by atoms with van der Waals surface area (Å²) in [7, 11) is 0. The fraction of sp³-hybridized carbons (Fsp3) is 0.250. The smallest absolute Gasteiger partial charge is 0.264 e. The molecule has 3 heteroatoms. The number of aromatic nitrogens is 2. The van der Waals surface area contributed by atoms with Crippen LogP contribution in [-0.4, -0.2) is 10.2 Å². The summed E-state index contributed by atoms with van der Waals surface area (Å²) in [6.45, 7) is 4.30. The van der Waals surface area contributed by atoms with E-state index in [2.05, 4.69) is 36.2 Å². The molecule has 0 aliphatic rings. The zero-order chi connectivity index (χ0) is 10.8. The van der Waals surface area contributed by atoms with E-state index in [0.717, 1.165) is 11.3 Å². The summed E-state index contributed by atoms with van der Waals surface area (Å²) in [5, 5.41) is 5.39. The first-order valence-corrected chi connectivity index (χ1v) is 5.05. The lowest BCUT2D eigenvalue weighted by atomic mass is 10.00. The van der Waals surface area contributed by atoms with Gasteiger partial charge >= 0.3 is 0 Å². The third kappa shape index (κ3) is 2.01. The van der Waals surface area contributed by atoms with Crippen molar-refractivity contribution in [1.82, 2.24) is 10.2 Å². The molecule has 0 saturated heterocycles. The molecular formula is C12H14N2O. The molecule has 2 aromatic rings. The van der Waals surface area contributed by atoms with E-state index in [1.54, 1.807) is 6.07 Å². The molecule has 0 saturated carbocycles. The molecule has 1 aromatic carbocycles. The first kappa shape index (κ1) is 9.77. The van der Waals surface area contributed by atoms with E-state index >= 15 is 0 Å². The maximum Gasteiger partial charge on any atom is 0.264 e. The monoisotopic (exact) mass is 202 g/mol. The lowest BCUT2D eigenvalue weighted by Gasteiger charge is -2.06. The molecule has 1 aromatic heterocycles. The number of aromatic amines is 2. The molecule has 1 heterocycles. The standard InChI is InChI=1S/C12H14N2O/c1-8(2)9-4-3-5-10(6-9)11-7-12(15)14-13-11/h3-8H,1-2H3,(H2,13,14,15). The van der Waals surface area contributed by atoms with Crippen LogP contribution in [0.5, 0.6) is 0 Å². The number of hydrogen-bond donors (Lipinski definition) is 2. The summed E-state index contributed by atoms with van der Waals surface area (Å²) in [6.07, 6.45) is 0. The van der Waals surface area contributed by atoms with Crippen LogP contribution in [0.15, 0.2) is 35.1 Å². The van der Waals surface area contributed by atoms with Crippen molar-refractivity contribution >= 4 is 0 Å².